The van der Waals surface area contributed by atoms with Crippen LogP contribution < -0.4 is 14.9 Å². The number of fused-ring (bicyclic) bond motifs is 4. The number of carbonyl (C=O) groups excluding carboxylic acids is 2. The Bertz CT molecular complexity index is 1760. The molecule has 258 valence electrons. The van der Waals surface area contributed by atoms with Crippen molar-refractivity contribution in [2.75, 3.05) is 6.54 Å². The third-order valence-corrected chi connectivity index (χ3v) is 21.8. The summed E-state index contributed by atoms with van der Waals surface area (Å²) >= 11 is 7.62. The second-order valence-corrected chi connectivity index (χ2v) is 23.0. The number of rotatable bonds is 18. The summed E-state index contributed by atoms with van der Waals surface area (Å²) in [4.78, 5) is 38.3. The maximum atomic E-state index is 14.0. The molecule has 4 aromatic rings. The monoisotopic (exact) mass is 735 g/mol. The van der Waals surface area contributed by atoms with Gasteiger partial charge in [0.15, 0.2) is 8.07 Å². The second kappa shape index (κ2) is 15.6. The van der Waals surface area contributed by atoms with Crippen LogP contribution in [0.2, 0.25) is 6.04 Å². The van der Waals surface area contributed by atoms with Gasteiger partial charge in [0, 0.05) is 40.3 Å². The minimum absolute atomic E-state index is 0.0722. The molecule has 0 radical (unpaired) electrons. The molecule has 0 bridgehead atoms. The van der Waals surface area contributed by atoms with Crippen molar-refractivity contribution in [3.8, 4) is 19.5 Å². The topological polar surface area (TPSA) is 37.4 Å². The van der Waals surface area contributed by atoms with Crippen LogP contribution in [0, 0.1) is 19.8 Å². The van der Waals surface area contributed by atoms with E-state index in [0.717, 1.165) is 22.6 Å². The van der Waals surface area contributed by atoms with Crippen LogP contribution in [-0.4, -0.2) is 31.3 Å². The average molecular weight is 736 g/mol. The van der Waals surface area contributed by atoms with E-state index in [1.54, 1.807) is 31.1 Å². The lowest BCUT2D eigenvalue weighted by atomic mass is 10.0. The van der Waals surface area contributed by atoms with Gasteiger partial charge in [0.25, 0.3) is 11.8 Å². The minimum Gasteiger partial charge on any atom is -0.274 e. The quantitative estimate of drug-likeness (QED) is 0.0580. The molecule has 0 spiro atoms. The molecule has 0 saturated carbocycles. The highest BCUT2D eigenvalue weighted by atomic mass is 32.1. The van der Waals surface area contributed by atoms with Gasteiger partial charge in [-0.15, -0.1) is 45.3 Å². The zero-order valence-electron chi connectivity index (χ0n) is 29.9. The lowest BCUT2D eigenvalue weighted by molar-refractivity contribution is 0.0651. The van der Waals surface area contributed by atoms with Gasteiger partial charge in [0.05, 0.1) is 16.0 Å². The summed E-state index contributed by atoms with van der Waals surface area (Å²) in [5.74, 6) is 0.549. The van der Waals surface area contributed by atoms with Crippen LogP contribution in [0.3, 0.4) is 0 Å². The van der Waals surface area contributed by atoms with Gasteiger partial charge in [0.2, 0.25) is 0 Å². The summed E-state index contributed by atoms with van der Waals surface area (Å²) in [7, 11) is -2.31. The summed E-state index contributed by atoms with van der Waals surface area (Å²) in [6, 6.07) is 11.2. The van der Waals surface area contributed by atoms with E-state index in [9.17, 15) is 9.59 Å². The largest absolute Gasteiger partial charge is 0.274 e. The number of hydrogen-bond donors (Lipinski definition) is 0. The van der Waals surface area contributed by atoms with E-state index in [4.69, 9.17) is 0 Å². The van der Waals surface area contributed by atoms with Crippen LogP contribution >= 0.6 is 45.3 Å². The Morgan fingerprint density at radius 2 is 1.40 bits per heavy atom. The highest BCUT2D eigenvalue weighted by molar-refractivity contribution is 7.39. The Labute approximate surface area is 305 Å². The van der Waals surface area contributed by atoms with Crippen LogP contribution in [0.5, 0.6) is 0 Å². The maximum Gasteiger partial charge on any atom is 0.263 e. The predicted octanol–water partition coefficient (Wildman–Crippen LogP) is 11.2. The number of amides is 2. The van der Waals surface area contributed by atoms with Gasteiger partial charge in [-0.2, -0.15) is 0 Å². The standard InChI is InChI=1S/C40H53NO2S4Si/c1-7-11-14-15-16-17-22-41-39(42)34-27(6)45-36(35(34)40(41)43)30-24-32-38(47-30)37-31(23-26(5)44-37)48(32,25-28(10-4)18-12-8-2)33-21-20-29(46-33)19-13-9-3/h20-21,23-24,28H,7-19,22,25H2,1-6H3. The summed E-state index contributed by atoms with van der Waals surface area (Å²) in [6.45, 7) is 14.1. The van der Waals surface area contributed by atoms with Gasteiger partial charge < -0.3 is 0 Å². The molecule has 2 amide bonds. The van der Waals surface area contributed by atoms with Gasteiger partial charge in [-0.3, -0.25) is 14.5 Å². The van der Waals surface area contributed by atoms with Gasteiger partial charge in [-0.1, -0.05) is 98.0 Å². The van der Waals surface area contributed by atoms with Crippen molar-refractivity contribution in [1.82, 2.24) is 4.90 Å². The Morgan fingerprint density at radius 1 is 0.708 bits per heavy atom. The summed E-state index contributed by atoms with van der Waals surface area (Å²) < 4.78 is 1.62. The molecule has 2 atom stereocenters. The van der Waals surface area contributed by atoms with Crippen molar-refractivity contribution in [1.29, 1.82) is 0 Å². The highest BCUT2D eigenvalue weighted by Gasteiger charge is 2.52. The second-order valence-electron chi connectivity index (χ2n) is 14.1. The van der Waals surface area contributed by atoms with Crippen LogP contribution in [0.4, 0.5) is 0 Å². The number of carbonyl (C=O) groups is 2. The number of unbranched alkanes of at least 4 members (excludes halogenated alkanes) is 7. The SMILES string of the molecule is CCCCCCCCN1C(=O)c2c(C)sc(-c3cc4c(s3)-c3sc(C)cc3[Si]4(CC(CC)CCCC)c3ccc(CCCC)s3)c2C1=O. The average Bonchev–Trinajstić information content (AvgIpc) is 3.92. The third-order valence-electron chi connectivity index (χ3n) is 10.7. The molecular formula is C40H53NO2S4Si. The summed E-state index contributed by atoms with van der Waals surface area (Å²) in [5, 5.41) is 3.21. The zero-order valence-corrected chi connectivity index (χ0v) is 34.2. The highest BCUT2D eigenvalue weighted by Crippen LogP contribution is 2.49. The van der Waals surface area contributed by atoms with Crippen molar-refractivity contribution in [3.63, 3.8) is 0 Å². The van der Waals surface area contributed by atoms with Crippen molar-refractivity contribution < 1.29 is 9.59 Å². The fraction of sp³-hybridized carbons (Fsp3) is 0.550. The van der Waals surface area contributed by atoms with E-state index in [-0.39, 0.29) is 11.8 Å². The van der Waals surface area contributed by atoms with E-state index in [1.807, 2.05) is 29.6 Å². The molecule has 6 rings (SSSR count). The van der Waals surface area contributed by atoms with Crippen molar-refractivity contribution in [3.05, 3.63) is 50.0 Å². The third kappa shape index (κ3) is 6.54. The van der Waals surface area contributed by atoms with Crippen LogP contribution in [-0.2, 0) is 6.42 Å². The normalized spacial score (nSPS) is 17.4. The molecule has 4 aromatic heterocycles. The Kier molecular flexibility index (Phi) is 11.7. The van der Waals surface area contributed by atoms with Crippen molar-refractivity contribution >= 4 is 80.1 Å². The zero-order chi connectivity index (χ0) is 34.0. The molecule has 48 heavy (non-hydrogen) atoms. The molecule has 0 N–H and O–H groups in total. The molecule has 6 heterocycles. The van der Waals surface area contributed by atoms with Crippen molar-refractivity contribution in [2.24, 2.45) is 5.92 Å². The summed E-state index contributed by atoms with van der Waals surface area (Å²) in [5.41, 5.74) is 1.34. The van der Waals surface area contributed by atoms with Crippen molar-refractivity contribution in [2.45, 2.75) is 131 Å². The maximum absolute atomic E-state index is 14.0. The molecule has 2 aliphatic rings. The first-order valence-electron chi connectivity index (χ1n) is 18.6. The Morgan fingerprint density at radius 3 is 2.15 bits per heavy atom. The smallest absolute Gasteiger partial charge is 0.263 e. The predicted molar refractivity (Wildman–Crippen MR) is 215 cm³/mol. The van der Waals surface area contributed by atoms with Gasteiger partial charge >= 0.3 is 0 Å². The van der Waals surface area contributed by atoms with Crippen LogP contribution in [0.25, 0.3) is 19.5 Å². The fourth-order valence-corrected chi connectivity index (χ4v) is 21.0. The van der Waals surface area contributed by atoms with E-state index >= 15 is 0 Å². The molecular weight excluding hydrogens is 683 g/mol. The van der Waals surface area contributed by atoms with E-state index in [1.165, 1.54) is 101 Å². The molecule has 2 aliphatic heterocycles. The molecule has 0 fully saturated rings. The summed E-state index contributed by atoms with van der Waals surface area (Å²) in [6.07, 6.45) is 15.5. The number of imide groups is 1. The Balaban J connectivity index is 1.42. The lowest BCUT2D eigenvalue weighted by Crippen LogP contribution is -2.64. The number of nitrogens with zero attached hydrogens (tertiary/aromatic N) is 1. The molecule has 0 aliphatic carbocycles. The molecule has 0 saturated heterocycles. The first-order valence-corrected chi connectivity index (χ1v) is 24.1. The molecule has 0 aromatic carbocycles. The number of hydrogen-bond acceptors (Lipinski definition) is 6. The fourth-order valence-electron chi connectivity index (χ4n) is 7.98. The van der Waals surface area contributed by atoms with Crippen LogP contribution in [0.1, 0.15) is 140 Å². The molecule has 8 heteroatoms. The lowest BCUT2D eigenvalue weighted by Gasteiger charge is -2.32. The van der Waals surface area contributed by atoms with E-state index < -0.39 is 8.07 Å². The number of aryl methyl sites for hydroxylation is 3. The minimum atomic E-state index is -2.31. The number of thiophene rings is 4. The van der Waals surface area contributed by atoms with Gasteiger partial charge in [0.1, 0.15) is 0 Å². The van der Waals surface area contributed by atoms with Gasteiger partial charge in [-0.05, 0) is 73.6 Å². The first-order chi connectivity index (χ1) is 23.3. The van der Waals surface area contributed by atoms with Crippen LogP contribution in [0.15, 0.2) is 24.3 Å². The Hall–Kier alpha value is -1.84. The van der Waals surface area contributed by atoms with E-state index in [2.05, 4.69) is 70.2 Å². The molecule has 3 nitrogen and oxygen atoms in total. The van der Waals surface area contributed by atoms with Gasteiger partial charge in [-0.25, -0.2) is 0 Å². The molecule has 2 unspecified atom stereocenters. The first kappa shape index (κ1) is 36.0. The van der Waals surface area contributed by atoms with E-state index in [0.29, 0.717) is 23.6 Å².